The second kappa shape index (κ2) is 9.63. The molecule has 0 saturated carbocycles. The number of ether oxygens (including phenoxy) is 1. The molecular formula is C19H20N2O5S. The maximum atomic E-state index is 12.4. The van der Waals surface area contributed by atoms with Crippen molar-refractivity contribution in [1.82, 2.24) is 5.32 Å². The smallest absolute Gasteiger partial charge is 0.308 e. The first-order valence-electron chi connectivity index (χ1n) is 8.19. The lowest BCUT2D eigenvalue weighted by Crippen LogP contribution is -2.45. The first-order chi connectivity index (χ1) is 12.9. The van der Waals surface area contributed by atoms with Crippen LogP contribution in [0.2, 0.25) is 0 Å². The minimum absolute atomic E-state index is 0.131. The highest BCUT2D eigenvalue weighted by Gasteiger charge is 2.20. The quantitative estimate of drug-likeness (QED) is 0.524. The van der Waals surface area contributed by atoms with Crippen molar-refractivity contribution in [1.29, 1.82) is 0 Å². The van der Waals surface area contributed by atoms with E-state index in [1.54, 1.807) is 30.3 Å². The number of carbonyl (C=O) groups is 3. The molecule has 2 amide bonds. The first-order valence-corrected chi connectivity index (χ1v) is 9.51. The zero-order chi connectivity index (χ0) is 19.8. The Morgan fingerprint density at radius 3 is 2.44 bits per heavy atom. The lowest BCUT2D eigenvalue weighted by molar-refractivity contribution is -0.131. The summed E-state index contributed by atoms with van der Waals surface area (Å²) in [6.45, 7) is 1.25. The molecule has 7 nitrogen and oxygen atoms in total. The highest BCUT2D eigenvalue weighted by Crippen LogP contribution is 2.14. The van der Waals surface area contributed by atoms with Gasteiger partial charge >= 0.3 is 5.97 Å². The Kier molecular flexibility index (Phi) is 7.25. The number of primary amides is 1. The molecule has 0 radical (unpaired) electrons. The number of esters is 1. The zero-order valence-electron chi connectivity index (χ0n) is 14.7. The Hall–Kier alpha value is -3.00. The van der Waals surface area contributed by atoms with E-state index in [9.17, 15) is 18.6 Å². The molecule has 0 unspecified atom stereocenters. The van der Waals surface area contributed by atoms with Crippen molar-refractivity contribution in [2.45, 2.75) is 24.3 Å². The number of rotatable bonds is 8. The summed E-state index contributed by atoms with van der Waals surface area (Å²) in [5.41, 5.74) is 5.57. The Morgan fingerprint density at radius 2 is 1.81 bits per heavy atom. The summed E-state index contributed by atoms with van der Waals surface area (Å²) in [4.78, 5) is 35.7. The fourth-order valence-electron chi connectivity index (χ4n) is 2.31. The first kappa shape index (κ1) is 20.3. The van der Waals surface area contributed by atoms with Crippen LogP contribution >= 0.6 is 0 Å². The fraction of sp³-hybridized carbons (Fsp3) is 0.211. The van der Waals surface area contributed by atoms with Gasteiger partial charge in [-0.3, -0.25) is 18.6 Å². The van der Waals surface area contributed by atoms with Crippen molar-refractivity contribution < 1.29 is 23.3 Å². The van der Waals surface area contributed by atoms with Gasteiger partial charge in [0.05, 0.1) is 10.8 Å². The van der Waals surface area contributed by atoms with Crippen LogP contribution in [0.1, 0.15) is 23.7 Å². The van der Waals surface area contributed by atoms with Gasteiger partial charge in [-0.1, -0.05) is 24.3 Å². The minimum atomic E-state index is -1.31. The summed E-state index contributed by atoms with van der Waals surface area (Å²) < 4.78 is 17.2. The molecular weight excluding hydrogens is 368 g/mol. The number of amides is 2. The minimum Gasteiger partial charge on any atom is -0.427 e. The fourth-order valence-corrected chi connectivity index (χ4v) is 3.46. The van der Waals surface area contributed by atoms with Gasteiger partial charge in [-0.25, -0.2) is 0 Å². The number of hydrogen-bond donors (Lipinski definition) is 2. The largest absolute Gasteiger partial charge is 0.427 e. The van der Waals surface area contributed by atoms with Crippen LogP contribution in [0.25, 0.3) is 0 Å². The standard InChI is InChI=1S/C19H20N2O5S/c1-13(22)26-15-7-5-6-14(12-15)19(24)21-17(18(20)23)10-11-27(25)16-8-3-2-4-9-16/h2-9,12,17H,10-11H2,1H3,(H2,20,23)(H,21,24)/t17-,27-/m1/s1. The molecule has 2 rings (SSSR count). The van der Waals surface area contributed by atoms with E-state index in [4.69, 9.17) is 10.5 Å². The van der Waals surface area contributed by atoms with Gasteiger partial charge < -0.3 is 15.8 Å². The van der Waals surface area contributed by atoms with Crippen LogP contribution in [-0.4, -0.2) is 33.8 Å². The highest BCUT2D eigenvalue weighted by atomic mass is 32.2. The molecule has 0 aromatic heterocycles. The lowest BCUT2D eigenvalue weighted by atomic mass is 10.1. The molecule has 2 aromatic carbocycles. The molecule has 0 aliphatic carbocycles. The topological polar surface area (TPSA) is 116 Å². The van der Waals surface area contributed by atoms with Gasteiger partial charge in [0.15, 0.2) is 0 Å². The molecule has 0 fully saturated rings. The van der Waals surface area contributed by atoms with Gasteiger partial charge in [0.25, 0.3) is 5.91 Å². The van der Waals surface area contributed by atoms with Crippen LogP contribution in [0.15, 0.2) is 59.5 Å². The van der Waals surface area contributed by atoms with E-state index in [0.29, 0.717) is 4.90 Å². The third-order valence-corrected chi connectivity index (χ3v) is 5.01. The molecule has 2 aromatic rings. The molecule has 0 aliphatic rings. The average Bonchev–Trinajstić information content (AvgIpc) is 2.64. The predicted octanol–water partition coefficient (Wildman–Crippen LogP) is 1.39. The summed E-state index contributed by atoms with van der Waals surface area (Å²) in [7, 11) is -1.31. The molecule has 2 atom stereocenters. The van der Waals surface area contributed by atoms with Crippen LogP contribution in [0.3, 0.4) is 0 Å². The van der Waals surface area contributed by atoms with E-state index >= 15 is 0 Å². The second-order valence-corrected chi connectivity index (χ2v) is 7.27. The summed E-state index contributed by atoms with van der Waals surface area (Å²) in [6, 6.07) is 13.8. The third-order valence-electron chi connectivity index (χ3n) is 3.60. The van der Waals surface area contributed by atoms with E-state index in [2.05, 4.69) is 5.32 Å². The van der Waals surface area contributed by atoms with Crippen molar-refractivity contribution in [3.05, 3.63) is 60.2 Å². The van der Waals surface area contributed by atoms with Gasteiger partial charge in [0.2, 0.25) is 5.91 Å². The summed E-state index contributed by atoms with van der Waals surface area (Å²) in [5, 5.41) is 2.53. The number of hydrogen-bond acceptors (Lipinski definition) is 5. The van der Waals surface area contributed by atoms with Crippen molar-refractivity contribution in [2.75, 3.05) is 5.75 Å². The van der Waals surface area contributed by atoms with Gasteiger partial charge in [-0.15, -0.1) is 0 Å². The van der Waals surface area contributed by atoms with Crippen molar-refractivity contribution in [2.24, 2.45) is 5.73 Å². The Balaban J connectivity index is 2.01. The molecule has 0 bridgehead atoms. The summed E-state index contributed by atoms with van der Waals surface area (Å²) >= 11 is 0. The average molecular weight is 388 g/mol. The van der Waals surface area contributed by atoms with E-state index in [-0.39, 0.29) is 23.5 Å². The normalized spacial score (nSPS) is 12.6. The van der Waals surface area contributed by atoms with Crippen LogP contribution in [0, 0.1) is 0 Å². The van der Waals surface area contributed by atoms with Crippen molar-refractivity contribution in [3.8, 4) is 5.75 Å². The van der Waals surface area contributed by atoms with Crippen molar-refractivity contribution in [3.63, 3.8) is 0 Å². The number of benzene rings is 2. The molecule has 0 aliphatic heterocycles. The van der Waals surface area contributed by atoms with Crippen molar-refractivity contribution >= 4 is 28.6 Å². The summed E-state index contributed by atoms with van der Waals surface area (Å²) in [5.74, 6) is -1.38. The zero-order valence-corrected chi connectivity index (χ0v) is 15.5. The van der Waals surface area contributed by atoms with Crippen LogP contribution in [0.5, 0.6) is 5.75 Å². The SMILES string of the molecule is CC(=O)Oc1cccc(C(=O)N[C@H](CC[S@@](=O)c2ccccc2)C(N)=O)c1. The molecule has 8 heteroatoms. The number of carbonyl (C=O) groups excluding carboxylic acids is 3. The van der Waals surface area contributed by atoms with E-state index in [1.165, 1.54) is 25.1 Å². The molecule has 0 heterocycles. The van der Waals surface area contributed by atoms with Gasteiger partial charge in [0, 0.05) is 23.1 Å². The Bertz CT molecular complexity index is 854. The summed E-state index contributed by atoms with van der Waals surface area (Å²) in [6.07, 6.45) is 0.131. The predicted molar refractivity (Wildman–Crippen MR) is 101 cm³/mol. The van der Waals surface area contributed by atoms with Gasteiger partial charge in [-0.05, 0) is 36.8 Å². The van der Waals surface area contributed by atoms with Crippen LogP contribution in [-0.2, 0) is 20.4 Å². The third kappa shape index (κ3) is 6.34. The van der Waals surface area contributed by atoms with Gasteiger partial charge in [-0.2, -0.15) is 0 Å². The van der Waals surface area contributed by atoms with Crippen LogP contribution in [0.4, 0.5) is 0 Å². The number of nitrogens with one attached hydrogen (secondary N) is 1. The molecule has 3 N–H and O–H groups in total. The Morgan fingerprint density at radius 1 is 1.11 bits per heavy atom. The van der Waals surface area contributed by atoms with Crippen LogP contribution < -0.4 is 15.8 Å². The second-order valence-electron chi connectivity index (χ2n) is 5.70. The van der Waals surface area contributed by atoms with E-state index < -0.39 is 34.6 Å². The molecule has 0 saturated heterocycles. The number of nitrogens with two attached hydrogens (primary N) is 1. The van der Waals surface area contributed by atoms with E-state index in [0.717, 1.165) is 0 Å². The molecule has 0 spiro atoms. The maximum Gasteiger partial charge on any atom is 0.308 e. The lowest BCUT2D eigenvalue weighted by Gasteiger charge is -2.15. The van der Waals surface area contributed by atoms with E-state index in [1.807, 2.05) is 6.07 Å². The molecule has 27 heavy (non-hydrogen) atoms. The monoisotopic (exact) mass is 388 g/mol. The van der Waals surface area contributed by atoms with Gasteiger partial charge in [0.1, 0.15) is 11.8 Å². The maximum absolute atomic E-state index is 12.4. The highest BCUT2D eigenvalue weighted by molar-refractivity contribution is 7.85. The molecule has 142 valence electrons. The Labute approximate surface area is 159 Å².